The largest absolute Gasteiger partial charge is 0.311 e. The predicted molar refractivity (Wildman–Crippen MR) is 72.9 cm³/mol. The van der Waals surface area contributed by atoms with Crippen LogP contribution in [0.1, 0.15) is 25.3 Å². The monoisotopic (exact) mass is 245 g/mol. The number of thioether (sulfide) groups is 1. The van der Waals surface area contributed by atoms with Gasteiger partial charge in [-0.25, -0.2) is 0 Å². The summed E-state index contributed by atoms with van der Waals surface area (Å²) in [4.78, 5) is 13.6. The van der Waals surface area contributed by atoms with Crippen LogP contribution in [-0.2, 0) is 7.05 Å². The lowest BCUT2D eigenvalue weighted by atomic mass is 9.98. The van der Waals surface area contributed by atoms with Gasteiger partial charge in [0, 0.05) is 28.1 Å². The van der Waals surface area contributed by atoms with Crippen LogP contribution in [0.5, 0.6) is 0 Å². The molecular weight excluding hydrogens is 230 g/mol. The number of benzene rings is 1. The van der Waals surface area contributed by atoms with Gasteiger partial charge < -0.3 is 4.57 Å². The standard InChI is InChI=1S/C14H15NOS/c1-8-9(2)17-13-10-6-4-5-7-11(10)15(3)14(16)12(8)13/h4-9H,1-3H3. The van der Waals surface area contributed by atoms with E-state index >= 15 is 0 Å². The van der Waals surface area contributed by atoms with Crippen molar-refractivity contribution in [2.24, 2.45) is 7.05 Å². The van der Waals surface area contributed by atoms with Crippen LogP contribution in [0.2, 0.25) is 0 Å². The van der Waals surface area contributed by atoms with Gasteiger partial charge >= 0.3 is 0 Å². The number of nitrogens with zero attached hydrogens (tertiary/aromatic N) is 1. The van der Waals surface area contributed by atoms with Crippen LogP contribution >= 0.6 is 11.8 Å². The second-order valence-corrected chi connectivity index (χ2v) is 6.12. The van der Waals surface area contributed by atoms with E-state index in [-0.39, 0.29) is 5.56 Å². The second kappa shape index (κ2) is 3.64. The molecule has 0 saturated carbocycles. The average Bonchev–Trinajstić information content (AvgIpc) is 2.63. The molecule has 2 nitrogen and oxygen atoms in total. The molecule has 0 radical (unpaired) electrons. The molecule has 1 aromatic carbocycles. The van der Waals surface area contributed by atoms with Crippen LogP contribution in [0.4, 0.5) is 0 Å². The van der Waals surface area contributed by atoms with E-state index in [9.17, 15) is 4.79 Å². The molecule has 3 rings (SSSR count). The van der Waals surface area contributed by atoms with Gasteiger partial charge in [-0.3, -0.25) is 4.79 Å². The first-order valence-corrected chi connectivity index (χ1v) is 6.77. The predicted octanol–water partition coefficient (Wildman–Crippen LogP) is 3.14. The maximum atomic E-state index is 12.4. The highest BCUT2D eigenvalue weighted by Crippen LogP contribution is 2.46. The maximum absolute atomic E-state index is 12.4. The minimum absolute atomic E-state index is 0.169. The Morgan fingerprint density at radius 2 is 1.94 bits per heavy atom. The lowest BCUT2D eigenvalue weighted by molar-refractivity contribution is 0.732. The molecule has 0 aliphatic carbocycles. The van der Waals surface area contributed by atoms with Gasteiger partial charge in [-0.1, -0.05) is 32.0 Å². The Labute approximate surface area is 105 Å². The number of aromatic nitrogens is 1. The second-order valence-electron chi connectivity index (χ2n) is 4.74. The van der Waals surface area contributed by atoms with Crippen molar-refractivity contribution in [3.63, 3.8) is 0 Å². The number of hydrogen-bond acceptors (Lipinski definition) is 2. The topological polar surface area (TPSA) is 22.0 Å². The van der Waals surface area contributed by atoms with Crippen molar-refractivity contribution in [1.29, 1.82) is 0 Å². The molecule has 0 spiro atoms. The lowest BCUT2D eigenvalue weighted by Gasteiger charge is -2.11. The summed E-state index contributed by atoms with van der Waals surface area (Å²) in [6.45, 7) is 4.35. The maximum Gasteiger partial charge on any atom is 0.255 e. The van der Waals surface area contributed by atoms with E-state index in [0.717, 1.165) is 11.1 Å². The van der Waals surface area contributed by atoms with Crippen LogP contribution in [-0.4, -0.2) is 9.82 Å². The first kappa shape index (κ1) is 10.9. The molecule has 17 heavy (non-hydrogen) atoms. The summed E-state index contributed by atoms with van der Waals surface area (Å²) in [5.74, 6) is 0.346. The van der Waals surface area contributed by atoms with Gasteiger partial charge in [-0.2, -0.15) is 0 Å². The van der Waals surface area contributed by atoms with Crippen molar-refractivity contribution in [3.05, 3.63) is 40.2 Å². The van der Waals surface area contributed by atoms with E-state index in [1.807, 2.05) is 37.0 Å². The highest BCUT2D eigenvalue weighted by Gasteiger charge is 2.31. The fourth-order valence-corrected chi connectivity index (χ4v) is 3.95. The number of aryl methyl sites for hydroxylation is 1. The van der Waals surface area contributed by atoms with Crippen molar-refractivity contribution >= 4 is 22.7 Å². The van der Waals surface area contributed by atoms with Crippen molar-refractivity contribution < 1.29 is 0 Å². The Morgan fingerprint density at radius 3 is 2.71 bits per heavy atom. The first-order chi connectivity index (χ1) is 8.11. The third kappa shape index (κ3) is 1.38. The van der Waals surface area contributed by atoms with E-state index in [0.29, 0.717) is 11.2 Å². The molecule has 0 saturated heterocycles. The van der Waals surface area contributed by atoms with Gasteiger partial charge in [0.05, 0.1) is 5.52 Å². The average molecular weight is 245 g/mol. The van der Waals surface area contributed by atoms with Crippen LogP contribution < -0.4 is 5.56 Å². The Hall–Kier alpha value is -1.22. The summed E-state index contributed by atoms with van der Waals surface area (Å²) < 4.78 is 1.78. The van der Waals surface area contributed by atoms with E-state index < -0.39 is 0 Å². The van der Waals surface area contributed by atoms with Crippen molar-refractivity contribution in [3.8, 4) is 0 Å². The molecule has 1 aromatic heterocycles. The van der Waals surface area contributed by atoms with Gasteiger partial charge in [0.25, 0.3) is 5.56 Å². The zero-order valence-electron chi connectivity index (χ0n) is 10.2. The highest BCUT2D eigenvalue weighted by atomic mass is 32.2. The SMILES string of the molecule is CC1Sc2c(c(=O)n(C)c3ccccc23)C1C. The molecule has 2 aromatic rings. The van der Waals surface area contributed by atoms with E-state index in [4.69, 9.17) is 0 Å². The van der Waals surface area contributed by atoms with Gasteiger partial charge in [0.15, 0.2) is 0 Å². The number of rotatable bonds is 0. The Kier molecular flexibility index (Phi) is 2.33. The number of para-hydroxylation sites is 1. The van der Waals surface area contributed by atoms with E-state index in [2.05, 4.69) is 19.9 Å². The molecular formula is C14H15NOS. The van der Waals surface area contributed by atoms with Crippen molar-refractivity contribution in [2.45, 2.75) is 29.9 Å². The van der Waals surface area contributed by atoms with Gasteiger partial charge in [-0.05, 0) is 12.0 Å². The summed E-state index contributed by atoms with van der Waals surface area (Å²) in [5, 5.41) is 1.70. The fraction of sp³-hybridized carbons (Fsp3) is 0.357. The molecule has 0 N–H and O–H groups in total. The third-order valence-electron chi connectivity index (χ3n) is 3.75. The summed E-state index contributed by atoms with van der Waals surface area (Å²) in [5.41, 5.74) is 2.21. The van der Waals surface area contributed by atoms with Crippen LogP contribution in [0, 0.1) is 0 Å². The molecule has 2 heterocycles. The van der Waals surface area contributed by atoms with E-state index in [1.54, 1.807) is 4.57 Å². The molecule has 0 fully saturated rings. The van der Waals surface area contributed by atoms with E-state index in [1.165, 1.54) is 10.3 Å². The fourth-order valence-electron chi connectivity index (χ4n) is 2.54. The first-order valence-electron chi connectivity index (χ1n) is 5.89. The summed E-state index contributed by atoms with van der Waals surface area (Å²) in [6, 6.07) is 8.17. The van der Waals surface area contributed by atoms with Crippen LogP contribution in [0.15, 0.2) is 34.0 Å². The zero-order chi connectivity index (χ0) is 12.2. The quantitative estimate of drug-likeness (QED) is 0.711. The van der Waals surface area contributed by atoms with Gasteiger partial charge in [0.2, 0.25) is 0 Å². The Bertz CT molecular complexity index is 659. The number of fused-ring (bicyclic) bond motifs is 3. The van der Waals surface area contributed by atoms with Crippen LogP contribution in [0.25, 0.3) is 10.9 Å². The summed E-state index contributed by atoms with van der Waals surface area (Å²) >= 11 is 1.84. The zero-order valence-corrected chi connectivity index (χ0v) is 11.0. The molecule has 1 aliphatic heterocycles. The number of hydrogen-bond donors (Lipinski definition) is 0. The lowest BCUT2D eigenvalue weighted by Crippen LogP contribution is -2.23. The minimum Gasteiger partial charge on any atom is -0.311 e. The Balaban J connectivity index is 2.50. The normalized spacial score (nSPS) is 23.0. The number of pyridine rings is 1. The molecule has 88 valence electrons. The molecule has 0 amide bonds. The minimum atomic E-state index is 0.169. The molecule has 3 heteroatoms. The highest BCUT2D eigenvalue weighted by molar-refractivity contribution is 8.00. The molecule has 1 aliphatic rings. The van der Waals surface area contributed by atoms with Crippen molar-refractivity contribution in [1.82, 2.24) is 4.57 Å². The van der Waals surface area contributed by atoms with Gasteiger partial charge in [0.1, 0.15) is 0 Å². The molecule has 0 bridgehead atoms. The van der Waals surface area contributed by atoms with Gasteiger partial charge in [-0.15, -0.1) is 11.8 Å². The smallest absolute Gasteiger partial charge is 0.255 e. The van der Waals surface area contributed by atoms with Crippen LogP contribution in [0.3, 0.4) is 0 Å². The Morgan fingerprint density at radius 1 is 1.24 bits per heavy atom. The summed E-state index contributed by atoms with van der Waals surface area (Å²) in [6.07, 6.45) is 0. The summed E-state index contributed by atoms with van der Waals surface area (Å²) in [7, 11) is 1.87. The van der Waals surface area contributed by atoms with Crippen molar-refractivity contribution in [2.75, 3.05) is 0 Å². The third-order valence-corrected chi connectivity index (χ3v) is 5.21. The molecule has 2 unspecified atom stereocenters. The molecule has 2 atom stereocenters.